The van der Waals surface area contributed by atoms with E-state index in [0.717, 1.165) is 0 Å². The molecule has 0 saturated carbocycles. The number of carbonyl (C=O) groups is 1. The number of nitrogen functional groups attached to an aromatic ring is 1. The fourth-order valence-corrected chi connectivity index (χ4v) is 1.63. The maximum absolute atomic E-state index is 12.3. The van der Waals surface area contributed by atoms with Gasteiger partial charge in [0, 0.05) is 29.7 Å². The number of hydrogen-bond donors (Lipinski definition) is 1. The van der Waals surface area contributed by atoms with Gasteiger partial charge >= 0.3 is 0 Å². The number of nitrogens with two attached hydrogens (primary N) is 1. The fourth-order valence-electron chi connectivity index (χ4n) is 1.63. The van der Waals surface area contributed by atoms with E-state index in [0.29, 0.717) is 17.0 Å². The standard InChI is InChI=1S/C13H13N3O3/c1-18-8-3-4-9(10(14)7-8)12(17)11-13(19-2)16-6-5-15-11/h3-7H,14H2,1-2H3. The SMILES string of the molecule is COc1ccc(C(=O)c2nccnc2OC)c(N)c1. The number of methoxy groups -OCH3 is 2. The van der Waals surface area contributed by atoms with Crippen LogP contribution in [0.15, 0.2) is 30.6 Å². The highest BCUT2D eigenvalue weighted by Gasteiger charge is 2.19. The molecule has 0 unspecified atom stereocenters. The van der Waals surface area contributed by atoms with Crippen LogP contribution in [0.1, 0.15) is 16.1 Å². The van der Waals surface area contributed by atoms with Crippen molar-refractivity contribution in [3.8, 4) is 11.6 Å². The number of anilines is 1. The normalized spacial score (nSPS) is 10.0. The minimum absolute atomic E-state index is 0.127. The Bertz CT molecular complexity index is 614. The van der Waals surface area contributed by atoms with Gasteiger partial charge in [-0.1, -0.05) is 0 Å². The molecule has 2 N–H and O–H groups in total. The zero-order valence-corrected chi connectivity index (χ0v) is 10.6. The summed E-state index contributed by atoms with van der Waals surface area (Å²) in [6.07, 6.45) is 2.88. The Labute approximate surface area is 110 Å². The second-order valence-electron chi connectivity index (χ2n) is 3.70. The molecule has 0 atom stereocenters. The number of rotatable bonds is 4. The Morgan fingerprint density at radius 1 is 1.16 bits per heavy atom. The molecule has 0 saturated heterocycles. The molecule has 0 aliphatic carbocycles. The Hall–Kier alpha value is -2.63. The highest BCUT2D eigenvalue weighted by Crippen LogP contribution is 2.24. The Morgan fingerprint density at radius 2 is 1.89 bits per heavy atom. The van der Waals surface area contributed by atoms with Gasteiger partial charge in [0.2, 0.25) is 11.7 Å². The quantitative estimate of drug-likeness (QED) is 0.658. The van der Waals surface area contributed by atoms with E-state index in [-0.39, 0.29) is 17.4 Å². The first-order valence-electron chi connectivity index (χ1n) is 5.50. The molecule has 2 aromatic rings. The molecule has 0 aliphatic rings. The molecule has 98 valence electrons. The minimum atomic E-state index is -0.342. The monoisotopic (exact) mass is 259 g/mol. The van der Waals surface area contributed by atoms with Crippen molar-refractivity contribution in [2.45, 2.75) is 0 Å². The van der Waals surface area contributed by atoms with E-state index in [4.69, 9.17) is 15.2 Å². The molecule has 1 aromatic heterocycles. The number of hydrogen-bond acceptors (Lipinski definition) is 6. The van der Waals surface area contributed by atoms with Gasteiger partial charge in [0.05, 0.1) is 14.2 Å². The van der Waals surface area contributed by atoms with Gasteiger partial charge in [-0.2, -0.15) is 0 Å². The van der Waals surface area contributed by atoms with Crippen LogP contribution in [-0.4, -0.2) is 30.0 Å². The average molecular weight is 259 g/mol. The Morgan fingerprint density at radius 3 is 2.53 bits per heavy atom. The molecule has 0 amide bonds. The molecule has 2 rings (SSSR count). The first kappa shape index (κ1) is 12.8. The van der Waals surface area contributed by atoms with Crippen molar-refractivity contribution in [2.75, 3.05) is 20.0 Å². The summed E-state index contributed by atoms with van der Waals surface area (Å²) in [6.45, 7) is 0. The van der Waals surface area contributed by atoms with Gasteiger partial charge in [-0.25, -0.2) is 9.97 Å². The molecule has 0 aliphatic heterocycles. The minimum Gasteiger partial charge on any atom is -0.497 e. The van der Waals surface area contributed by atoms with E-state index in [2.05, 4.69) is 9.97 Å². The molecule has 0 spiro atoms. The maximum atomic E-state index is 12.3. The number of ketones is 1. The predicted octanol–water partition coefficient (Wildman–Crippen LogP) is 1.31. The summed E-state index contributed by atoms with van der Waals surface area (Å²) in [5.74, 6) is 0.410. The van der Waals surface area contributed by atoms with E-state index in [9.17, 15) is 4.79 Å². The third-order valence-corrected chi connectivity index (χ3v) is 2.58. The lowest BCUT2D eigenvalue weighted by molar-refractivity contribution is 0.103. The molecule has 1 aromatic carbocycles. The van der Waals surface area contributed by atoms with Crippen LogP contribution in [-0.2, 0) is 0 Å². The summed E-state index contributed by atoms with van der Waals surface area (Å²) in [5.41, 5.74) is 6.61. The number of nitrogens with zero attached hydrogens (tertiary/aromatic N) is 2. The Kier molecular flexibility index (Phi) is 3.61. The summed E-state index contributed by atoms with van der Waals surface area (Å²) in [4.78, 5) is 20.3. The van der Waals surface area contributed by atoms with Gasteiger partial charge in [-0.3, -0.25) is 4.79 Å². The average Bonchev–Trinajstić information content (AvgIpc) is 2.46. The van der Waals surface area contributed by atoms with Crippen LogP contribution < -0.4 is 15.2 Å². The van der Waals surface area contributed by atoms with E-state index in [1.807, 2.05) is 0 Å². The molecule has 6 nitrogen and oxygen atoms in total. The lowest BCUT2D eigenvalue weighted by atomic mass is 10.1. The smallest absolute Gasteiger partial charge is 0.243 e. The van der Waals surface area contributed by atoms with Crippen molar-refractivity contribution in [1.29, 1.82) is 0 Å². The first-order chi connectivity index (χ1) is 9.17. The van der Waals surface area contributed by atoms with E-state index in [1.54, 1.807) is 18.2 Å². The van der Waals surface area contributed by atoms with Crippen LogP contribution in [0.2, 0.25) is 0 Å². The zero-order chi connectivity index (χ0) is 13.8. The van der Waals surface area contributed by atoms with Crippen molar-refractivity contribution in [2.24, 2.45) is 0 Å². The van der Waals surface area contributed by atoms with Crippen LogP contribution in [0.25, 0.3) is 0 Å². The molecule has 0 radical (unpaired) electrons. The Balaban J connectivity index is 2.44. The zero-order valence-electron chi connectivity index (χ0n) is 10.6. The largest absolute Gasteiger partial charge is 0.497 e. The van der Waals surface area contributed by atoms with E-state index >= 15 is 0 Å². The van der Waals surface area contributed by atoms with Gasteiger partial charge in [-0.05, 0) is 12.1 Å². The molecule has 1 heterocycles. The number of carbonyl (C=O) groups excluding carboxylic acids is 1. The lowest BCUT2D eigenvalue weighted by Crippen LogP contribution is -2.10. The van der Waals surface area contributed by atoms with Gasteiger partial charge in [0.25, 0.3) is 0 Å². The second kappa shape index (κ2) is 5.34. The van der Waals surface area contributed by atoms with Gasteiger partial charge in [0.1, 0.15) is 5.75 Å². The lowest BCUT2D eigenvalue weighted by Gasteiger charge is -2.08. The van der Waals surface area contributed by atoms with Crippen LogP contribution in [0.4, 0.5) is 5.69 Å². The number of aromatic nitrogens is 2. The number of ether oxygens (including phenoxy) is 2. The summed E-state index contributed by atoms with van der Waals surface area (Å²) < 4.78 is 10.0. The van der Waals surface area contributed by atoms with Crippen LogP contribution in [0.5, 0.6) is 11.6 Å². The molecule has 6 heteroatoms. The van der Waals surface area contributed by atoms with Crippen LogP contribution >= 0.6 is 0 Å². The summed E-state index contributed by atoms with van der Waals surface area (Å²) in [6, 6.07) is 4.83. The van der Waals surface area contributed by atoms with Gasteiger partial charge in [0.15, 0.2) is 5.69 Å². The van der Waals surface area contributed by atoms with E-state index in [1.165, 1.54) is 26.6 Å². The fraction of sp³-hybridized carbons (Fsp3) is 0.154. The van der Waals surface area contributed by atoms with Crippen molar-refractivity contribution in [3.05, 3.63) is 41.9 Å². The topological polar surface area (TPSA) is 87.3 Å². The van der Waals surface area contributed by atoms with Crippen molar-refractivity contribution in [3.63, 3.8) is 0 Å². The molecule has 0 fully saturated rings. The molecule has 0 bridgehead atoms. The van der Waals surface area contributed by atoms with Crippen molar-refractivity contribution < 1.29 is 14.3 Å². The number of benzene rings is 1. The third-order valence-electron chi connectivity index (χ3n) is 2.58. The van der Waals surface area contributed by atoms with Crippen LogP contribution in [0, 0.1) is 0 Å². The summed E-state index contributed by atoms with van der Waals surface area (Å²) in [5, 5.41) is 0. The van der Waals surface area contributed by atoms with Crippen molar-refractivity contribution >= 4 is 11.5 Å². The maximum Gasteiger partial charge on any atom is 0.243 e. The summed E-state index contributed by atoms with van der Waals surface area (Å²) in [7, 11) is 2.96. The summed E-state index contributed by atoms with van der Waals surface area (Å²) >= 11 is 0. The van der Waals surface area contributed by atoms with E-state index < -0.39 is 0 Å². The highest BCUT2D eigenvalue weighted by molar-refractivity contribution is 6.12. The molecular weight excluding hydrogens is 246 g/mol. The van der Waals surface area contributed by atoms with Crippen LogP contribution in [0.3, 0.4) is 0 Å². The van der Waals surface area contributed by atoms with Gasteiger partial charge < -0.3 is 15.2 Å². The second-order valence-corrected chi connectivity index (χ2v) is 3.70. The molecular formula is C13H13N3O3. The highest BCUT2D eigenvalue weighted by atomic mass is 16.5. The first-order valence-corrected chi connectivity index (χ1v) is 5.50. The predicted molar refractivity (Wildman–Crippen MR) is 69.4 cm³/mol. The third kappa shape index (κ3) is 2.47. The molecule has 19 heavy (non-hydrogen) atoms. The van der Waals surface area contributed by atoms with Gasteiger partial charge in [-0.15, -0.1) is 0 Å². The van der Waals surface area contributed by atoms with Crippen molar-refractivity contribution in [1.82, 2.24) is 9.97 Å².